The Morgan fingerprint density at radius 3 is 2.64 bits per heavy atom. The first-order valence-electron chi connectivity index (χ1n) is 7.67. The minimum Gasteiger partial charge on any atom is -0.352 e. The Hall–Kier alpha value is -1.11. The van der Waals surface area contributed by atoms with Crippen LogP contribution >= 0.6 is 11.6 Å². The maximum Gasteiger partial charge on any atom is 0.244 e. The molecule has 124 valence electrons. The molecule has 0 saturated carbocycles. The second-order valence-corrected chi connectivity index (χ2v) is 6.89. The third-order valence-electron chi connectivity index (χ3n) is 4.80. The molecule has 6 nitrogen and oxygen atoms in total. The summed E-state index contributed by atoms with van der Waals surface area (Å²) >= 11 is 5.86. The summed E-state index contributed by atoms with van der Waals surface area (Å²) in [6.07, 6.45) is 5.32. The largest absolute Gasteiger partial charge is 0.352 e. The van der Waals surface area contributed by atoms with Gasteiger partial charge >= 0.3 is 0 Å². The van der Waals surface area contributed by atoms with Crippen molar-refractivity contribution < 1.29 is 4.79 Å². The van der Waals surface area contributed by atoms with Gasteiger partial charge in [0.25, 0.3) is 0 Å². The minimum absolute atomic E-state index is 0.0279. The van der Waals surface area contributed by atoms with Gasteiger partial charge in [-0.2, -0.15) is 5.10 Å². The summed E-state index contributed by atoms with van der Waals surface area (Å²) < 4.78 is 1.59. The number of hydrogen-bond acceptors (Lipinski definition) is 4. The first-order chi connectivity index (χ1) is 10.3. The molecule has 22 heavy (non-hydrogen) atoms. The highest BCUT2D eigenvalue weighted by molar-refractivity contribution is 6.30. The maximum absolute atomic E-state index is 12.4. The Balaban J connectivity index is 1.96. The molecule has 0 bridgehead atoms. The summed E-state index contributed by atoms with van der Waals surface area (Å²) in [5.41, 5.74) is 0.0314. The lowest BCUT2D eigenvalue weighted by molar-refractivity contribution is -0.125. The van der Waals surface area contributed by atoms with E-state index in [2.05, 4.69) is 41.4 Å². The average Bonchev–Trinajstić information content (AvgIpc) is 2.92. The van der Waals surface area contributed by atoms with Gasteiger partial charge in [-0.05, 0) is 54.0 Å². The highest BCUT2D eigenvalue weighted by Gasteiger charge is 2.36. The molecular weight excluding hydrogens is 302 g/mol. The van der Waals surface area contributed by atoms with E-state index < -0.39 is 0 Å². The lowest BCUT2D eigenvalue weighted by atomic mass is 9.86. The van der Waals surface area contributed by atoms with Crippen LogP contribution in [-0.2, 0) is 4.79 Å². The predicted octanol–water partition coefficient (Wildman–Crippen LogP) is 1.24. The summed E-state index contributed by atoms with van der Waals surface area (Å²) in [5.74, 6) is -0.0279. The molecular formula is C15H26ClN5O. The van der Waals surface area contributed by atoms with Crippen molar-refractivity contribution in [1.82, 2.24) is 24.9 Å². The van der Waals surface area contributed by atoms with E-state index in [1.165, 1.54) is 0 Å². The van der Waals surface area contributed by atoms with Crippen LogP contribution in [0.5, 0.6) is 0 Å². The first kappa shape index (κ1) is 17.2. The second kappa shape index (κ2) is 6.98. The molecule has 1 saturated heterocycles. The predicted molar refractivity (Wildman–Crippen MR) is 88.1 cm³/mol. The Morgan fingerprint density at radius 1 is 1.50 bits per heavy atom. The number of hydrogen-bond donors (Lipinski definition) is 1. The fourth-order valence-corrected chi connectivity index (χ4v) is 3.01. The number of likely N-dealkylation sites (tertiary alicyclic amines) is 1. The summed E-state index contributed by atoms with van der Waals surface area (Å²) in [6.45, 7) is 4.60. The van der Waals surface area contributed by atoms with Gasteiger partial charge in [0.05, 0.1) is 11.2 Å². The normalized spacial score (nSPS) is 20.1. The molecule has 0 radical (unpaired) electrons. The Morgan fingerprint density at radius 2 is 2.14 bits per heavy atom. The SMILES string of the molecule is CC(C(=O)NCC1(N(C)C)CCN(C)CC1)n1cc(Cl)cn1. The van der Waals surface area contributed by atoms with Crippen molar-refractivity contribution >= 4 is 17.5 Å². The van der Waals surface area contributed by atoms with Crippen LogP contribution < -0.4 is 5.32 Å². The van der Waals surface area contributed by atoms with E-state index >= 15 is 0 Å². The highest BCUT2D eigenvalue weighted by Crippen LogP contribution is 2.26. The molecule has 1 aliphatic rings. The third kappa shape index (κ3) is 3.80. The van der Waals surface area contributed by atoms with Gasteiger partial charge in [0.2, 0.25) is 5.91 Å². The average molecular weight is 328 g/mol. The van der Waals surface area contributed by atoms with Gasteiger partial charge in [-0.1, -0.05) is 11.6 Å². The number of carbonyl (C=O) groups is 1. The molecule has 0 aromatic carbocycles. The van der Waals surface area contributed by atoms with E-state index in [0.717, 1.165) is 25.9 Å². The number of nitrogens with zero attached hydrogens (tertiary/aromatic N) is 4. The van der Waals surface area contributed by atoms with E-state index in [1.807, 2.05) is 6.92 Å². The zero-order chi connectivity index (χ0) is 16.3. The standard InChI is InChI=1S/C15H26ClN5O/c1-12(21-10-13(16)9-18-21)14(22)17-11-15(19(2)3)5-7-20(4)8-6-15/h9-10,12H,5-8,11H2,1-4H3,(H,17,22). The molecule has 0 spiro atoms. The topological polar surface area (TPSA) is 53.4 Å². The molecule has 1 atom stereocenters. The quantitative estimate of drug-likeness (QED) is 0.884. The van der Waals surface area contributed by atoms with E-state index in [1.54, 1.807) is 17.1 Å². The molecule has 1 amide bonds. The summed E-state index contributed by atoms with van der Waals surface area (Å²) in [4.78, 5) is 17.0. The number of piperidine rings is 1. The van der Waals surface area contributed by atoms with Crippen molar-refractivity contribution in [1.29, 1.82) is 0 Å². The number of carbonyl (C=O) groups excluding carboxylic acids is 1. The Bertz CT molecular complexity index is 508. The van der Waals surface area contributed by atoms with Gasteiger partial charge in [0.1, 0.15) is 6.04 Å². The molecule has 7 heteroatoms. The molecule has 1 fully saturated rings. The summed E-state index contributed by atoms with van der Waals surface area (Å²) in [7, 11) is 6.32. The van der Waals surface area contributed by atoms with Crippen molar-refractivity contribution in [3.63, 3.8) is 0 Å². The van der Waals surface area contributed by atoms with Crippen LogP contribution in [0.4, 0.5) is 0 Å². The molecule has 1 aromatic heterocycles. The van der Waals surface area contributed by atoms with Gasteiger partial charge in [0, 0.05) is 18.3 Å². The van der Waals surface area contributed by atoms with Gasteiger partial charge in [-0.25, -0.2) is 0 Å². The van der Waals surface area contributed by atoms with Crippen LogP contribution in [0.25, 0.3) is 0 Å². The van der Waals surface area contributed by atoms with Gasteiger partial charge in [0.15, 0.2) is 0 Å². The van der Waals surface area contributed by atoms with Crippen molar-refractivity contribution in [2.24, 2.45) is 0 Å². The van der Waals surface area contributed by atoms with Gasteiger partial charge in [-0.3, -0.25) is 9.48 Å². The number of likely N-dealkylation sites (N-methyl/N-ethyl adjacent to an activating group) is 1. The van der Waals surface area contributed by atoms with Crippen LogP contribution in [0, 0.1) is 0 Å². The number of rotatable bonds is 5. The summed E-state index contributed by atoms with van der Waals surface area (Å²) in [5, 5.41) is 7.74. The monoisotopic (exact) mass is 327 g/mol. The highest BCUT2D eigenvalue weighted by atomic mass is 35.5. The third-order valence-corrected chi connectivity index (χ3v) is 5.00. The van der Waals surface area contributed by atoms with E-state index in [0.29, 0.717) is 11.6 Å². The van der Waals surface area contributed by atoms with Crippen molar-refractivity contribution in [2.45, 2.75) is 31.3 Å². The fraction of sp³-hybridized carbons (Fsp3) is 0.733. The number of nitrogens with one attached hydrogen (secondary N) is 1. The minimum atomic E-state index is -0.363. The zero-order valence-corrected chi connectivity index (χ0v) is 14.6. The molecule has 2 heterocycles. The molecule has 1 aliphatic heterocycles. The number of amides is 1. The molecule has 1 aromatic rings. The zero-order valence-electron chi connectivity index (χ0n) is 13.8. The molecule has 2 rings (SSSR count). The number of halogens is 1. The molecule has 1 N–H and O–H groups in total. The van der Waals surface area contributed by atoms with Crippen molar-refractivity contribution in [3.05, 3.63) is 17.4 Å². The van der Waals surface area contributed by atoms with Crippen LogP contribution in [0.1, 0.15) is 25.8 Å². The van der Waals surface area contributed by atoms with Crippen LogP contribution in [0.3, 0.4) is 0 Å². The molecule has 0 aliphatic carbocycles. The second-order valence-electron chi connectivity index (χ2n) is 6.45. The first-order valence-corrected chi connectivity index (χ1v) is 8.05. The number of aromatic nitrogens is 2. The van der Waals surface area contributed by atoms with Gasteiger partial charge in [-0.15, -0.1) is 0 Å². The Labute approximate surface area is 137 Å². The smallest absolute Gasteiger partial charge is 0.244 e. The molecule has 1 unspecified atom stereocenters. The van der Waals surface area contributed by atoms with Crippen LogP contribution in [0.15, 0.2) is 12.4 Å². The maximum atomic E-state index is 12.4. The lowest BCUT2D eigenvalue weighted by Gasteiger charge is -2.45. The van der Waals surface area contributed by atoms with E-state index in [9.17, 15) is 4.79 Å². The Kier molecular flexibility index (Phi) is 5.47. The van der Waals surface area contributed by atoms with E-state index in [-0.39, 0.29) is 17.5 Å². The fourth-order valence-electron chi connectivity index (χ4n) is 2.86. The van der Waals surface area contributed by atoms with Crippen molar-refractivity contribution in [3.8, 4) is 0 Å². The summed E-state index contributed by atoms with van der Waals surface area (Å²) in [6, 6.07) is -0.363. The van der Waals surface area contributed by atoms with Crippen LogP contribution in [-0.4, -0.2) is 71.8 Å². The van der Waals surface area contributed by atoms with Crippen molar-refractivity contribution in [2.75, 3.05) is 40.8 Å². The lowest BCUT2D eigenvalue weighted by Crippen LogP contribution is -2.58. The van der Waals surface area contributed by atoms with E-state index in [4.69, 9.17) is 11.6 Å². The van der Waals surface area contributed by atoms with Gasteiger partial charge < -0.3 is 15.1 Å². The van der Waals surface area contributed by atoms with Crippen LogP contribution in [0.2, 0.25) is 5.02 Å².